The molecule has 0 N–H and O–H groups in total. The molecule has 0 amide bonds. The summed E-state index contributed by atoms with van der Waals surface area (Å²) in [6, 6.07) is 0. The van der Waals surface area contributed by atoms with Crippen molar-refractivity contribution in [3.05, 3.63) is 0 Å². The molecule has 0 aromatic carbocycles. The van der Waals surface area contributed by atoms with Crippen LogP contribution in [0.1, 0.15) is 33.6 Å². The second-order valence-corrected chi connectivity index (χ2v) is 4.29. The molecule has 0 fully saturated rings. The number of rotatable bonds is 8. The fourth-order valence-electron chi connectivity index (χ4n) is 1.75. The maximum atomic E-state index is 12.0. The second-order valence-electron chi connectivity index (χ2n) is 4.29. The van der Waals surface area contributed by atoms with Crippen LogP contribution in [0.15, 0.2) is 5.16 Å². The lowest BCUT2D eigenvalue weighted by Gasteiger charge is -2.23. The Morgan fingerprint density at radius 2 is 1.95 bits per heavy atom. The van der Waals surface area contributed by atoms with Crippen LogP contribution in [0, 0.1) is 0 Å². The van der Waals surface area contributed by atoms with Gasteiger partial charge < -0.3 is 19.0 Å². The normalized spacial score (nSPS) is 21.1. The zero-order chi connectivity index (χ0) is 15.0. The van der Waals surface area contributed by atoms with E-state index < -0.39 is 17.5 Å². The molecule has 0 spiro atoms. The molecule has 1 aliphatic rings. The predicted molar refractivity (Wildman–Crippen MR) is 70.2 cm³/mol. The average Bonchev–Trinajstić information content (AvgIpc) is 2.84. The van der Waals surface area contributed by atoms with Crippen molar-refractivity contribution in [3.8, 4) is 0 Å². The minimum absolute atomic E-state index is 0.0996. The van der Waals surface area contributed by atoms with Gasteiger partial charge in [0, 0.05) is 6.42 Å². The molecule has 1 aliphatic heterocycles. The highest BCUT2D eigenvalue weighted by molar-refractivity contribution is 5.93. The Balaban J connectivity index is 2.57. The van der Waals surface area contributed by atoms with Crippen molar-refractivity contribution in [1.29, 1.82) is 0 Å². The van der Waals surface area contributed by atoms with Gasteiger partial charge in [-0.1, -0.05) is 12.1 Å². The predicted octanol–water partition coefficient (Wildman–Crippen LogP) is 1.05. The molecule has 20 heavy (non-hydrogen) atoms. The maximum absolute atomic E-state index is 12.0. The Morgan fingerprint density at radius 1 is 1.25 bits per heavy atom. The highest BCUT2D eigenvalue weighted by atomic mass is 16.7. The zero-order valence-electron chi connectivity index (χ0n) is 12.1. The molecule has 7 heteroatoms. The smallest absolute Gasteiger partial charge is 0.356 e. The number of hydrogen-bond donors (Lipinski definition) is 0. The monoisotopic (exact) mass is 287 g/mol. The molecule has 0 saturated heterocycles. The number of esters is 2. The minimum atomic E-state index is -1.28. The summed E-state index contributed by atoms with van der Waals surface area (Å²) in [5, 5.41) is 3.86. The van der Waals surface area contributed by atoms with Gasteiger partial charge in [0.05, 0.1) is 18.9 Å². The molecule has 0 radical (unpaired) electrons. The summed E-state index contributed by atoms with van der Waals surface area (Å²) in [4.78, 5) is 28.5. The Labute approximate surface area is 118 Å². The highest BCUT2D eigenvalue weighted by Gasteiger charge is 2.48. The van der Waals surface area contributed by atoms with Crippen LogP contribution >= 0.6 is 0 Å². The lowest BCUT2D eigenvalue weighted by Crippen LogP contribution is -2.45. The first-order valence-corrected chi connectivity index (χ1v) is 6.72. The van der Waals surface area contributed by atoms with Crippen molar-refractivity contribution in [2.24, 2.45) is 5.16 Å². The van der Waals surface area contributed by atoms with Crippen LogP contribution in [-0.2, 0) is 28.6 Å². The molecule has 1 heterocycles. The lowest BCUT2D eigenvalue weighted by molar-refractivity contribution is -0.179. The summed E-state index contributed by atoms with van der Waals surface area (Å²) in [6.07, 6.45) is 0.990. The van der Waals surface area contributed by atoms with Crippen LogP contribution < -0.4 is 0 Å². The van der Waals surface area contributed by atoms with Crippen molar-refractivity contribution in [1.82, 2.24) is 0 Å². The standard InChI is InChI=1S/C13H21NO6/c1-4-10-7-13(20-14-10,12(16)19-6-3)9-17-8-11(15)18-5-2/h4-9H2,1-3H3. The summed E-state index contributed by atoms with van der Waals surface area (Å²) in [5.74, 6) is -1.02. The molecule has 114 valence electrons. The van der Waals surface area contributed by atoms with Gasteiger partial charge in [0.15, 0.2) is 0 Å². The average molecular weight is 287 g/mol. The van der Waals surface area contributed by atoms with Crippen LogP contribution in [0.5, 0.6) is 0 Å². The third-order valence-electron chi connectivity index (χ3n) is 2.76. The lowest BCUT2D eigenvalue weighted by atomic mass is 9.97. The van der Waals surface area contributed by atoms with E-state index in [9.17, 15) is 9.59 Å². The van der Waals surface area contributed by atoms with Gasteiger partial charge in [-0.3, -0.25) is 0 Å². The third-order valence-corrected chi connectivity index (χ3v) is 2.76. The molecular weight excluding hydrogens is 266 g/mol. The van der Waals surface area contributed by atoms with Crippen molar-refractivity contribution in [2.75, 3.05) is 26.4 Å². The number of hydrogen-bond acceptors (Lipinski definition) is 7. The van der Waals surface area contributed by atoms with E-state index in [1.165, 1.54) is 0 Å². The molecule has 0 aliphatic carbocycles. The van der Waals surface area contributed by atoms with E-state index in [1.54, 1.807) is 13.8 Å². The second kappa shape index (κ2) is 7.84. The van der Waals surface area contributed by atoms with E-state index in [4.69, 9.17) is 19.0 Å². The van der Waals surface area contributed by atoms with Crippen molar-refractivity contribution in [3.63, 3.8) is 0 Å². The van der Waals surface area contributed by atoms with Gasteiger partial charge in [0.2, 0.25) is 0 Å². The Hall–Kier alpha value is -1.63. The fourth-order valence-corrected chi connectivity index (χ4v) is 1.75. The van der Waals surface area contributed by atoms with Gasteiger partial charge in [-0.2, -0.15) is 0 Å². The minimum Gasteiger partial charge on any atom is -0.464 e. The molecular formula is C13H21NO6. The van der Waals surface area contributed by atoms with Crippen molar-refractivity contribution < 1.29 is 28.6 Å². The van der Waals surface area contributed by atoms with Gasteiger partial charge in [-0.15, -0.1) is 0 Å². The molecule has 1 atom stereocenters. The molecule has 1 rings (SSSR count). The number of nitrogens with zero attached hydrogens (tertiary/aromatic N) is 1. The Kier molecular flexibility index (Phi) is 6.44. The van der Waals surface area contributed by atoms with E-state index in [1.807, 2.05) is 6.92 Å². The van der Waals surface area contributed by atoms with Crippen LogP contribution in [0.25, 0.3) is 0 Å². The fraction of sp³-hybridized carbons (Fsp3) is 0.769. The maximum Gasteiger partial charge on any atom is 0.356 e. The van der Waals surface area contributed by atoms with Crippen LogP contribution in [0.2, 0.25) is 0 Å². The Morgan fingerprint density at radius 3 is 2.50 bits per heavy atom. The SMILES string of the molecule is CCOC(=O)COCC1(C(=O)OCC)CC(CC)=NO1. The van der Waals surface area contributed by atoms with E-state index in [2.05, 4.69) is 5.16 Å². The van der Waals surface area contributed by atoms with E-state index in [0.717, 1.165) is 5.71 Å². The van der Waals surface area contributed by atoms with Gasteiger partial charge in [0.1, 0.15) is 13.2 Å². The largest absolute Gasteiger partial charge is 0.464 e. The van der Waals surface area contributed by atoms with Gasteiger partial charge in [0.25, 0.3) is 5.60 Å². The first-order chi connectivity index (χ1) is 9.57. The zero-order valence-corrected chi connectivity index (χ0v) is 12.1. The molecule has 7 nitrogen and oxygen atoms in total. The number of oxime groups is 1. The molecule has 0 saturated carbocycles. The third kappa shape index (κ3) is 4.19. The van der Waals surface area contributed by atoms with Crippen LogP contribution in [-0.4, -0.2) is 49.7 Å². The summed E-state index contributed by atoms with van der Waals surface area (Å²) in [7, 11) is 0. The van der Waals surface area contributed by atoms with E-state index >= 15 is 0 Å². The van der Waals surface area contributed by atoms with Crippen molar-refractivity contribution in [2.45, 2.75) is 39.2 Å². The van der Waals surface area contributed by atoms with E-state index in [0.29, 0.717) is 12.8 Å². The molecule has 0 aromatic rings. The van der Waals surface area contributed by atoms with Gasteiger partial charge >= 0.3 is 11.9 Å². The van der Waals surface area contributed by atoms with E-state index in [-0.39, 0.29) is 26.4 Å². The molecule has 0 bridgehead atoms. The Bertz CT molecular complexity index is 381. The molecule has 0 aromatic heterocycles. The number of carbonyl (C=O) groups excluding carboxylic acids is 2. The summed E-state index contributed by atoms with van der Waals surface area (Å²) >= 11 is 0. The number of carbonyl (C=O) groups is 2. The number of ether oxygens (including phenoxy) is 3. The van der Waals surface area contributed by atoms with Gasteiger partial charge in [-0.05, 0) is 20.3 Å². The van der Waals surface area contributed by atoms with Crippen molar-refractivity contribution >= 4 is 17.7 Å². The summed E-state index contributed by atoms with van der Waals surface area (Å²) < 4.78 is 15.0. The molecule has 1 unspecified atom stereocenters. The summed E-state index contributed by atoms with van der Waals surface area (Å²) in [6.45, 7) is 5.52. The topological polar surface area (TPSA) is 83.4 Å². The first kappa shape index (κ1) is 16.4. The highest BCUT2D eigenvalue weighted by Crippen LogP contribution is 2.27. The van der Waals surface area contributed by atoms with Gasteiger partial charge in [-0.25, -0.2) is 9.59 Å². The quantitative estimate of drug-likeness (QED) is 0.621. The summed E-state index contributed by atoms with van der Waals surface area (Å²) in [5.41, 5.74) is -0.522. The first-order valence-electron chi connectivity index (χ1n) is 6.72. The van der Waals surface area contributed by atoms with Crippen LogP contribution in [0.3, 0.4) is 0 Å². The van der Waals surface area contributed by atoms with Crippen LogP contribution in [0.4, 0.5) is 0 Å².